The van der Waals surface area contributed by atoms with Gasteiger partial charge in [0.25, 0.3) is 5.91 Å². The highest BCUT2D eigenvalue weighted by Crippen LogP contribution is 2.61. The number of anilines is 2. The summed E-state index contributed by atoms with van der Waals surface area (Å²) in [4.78, 5) is 51.7. The number of hydroxylamine groups is 2. The number of nitrogens with zero attached hydrogens (tertiary/aromatic N) is 3. The van der Waals surface area contributed by atoms with Crippen LogP contribution >= 0.6 is 0 Å². The topological polar surface area (TPSA) is 156 Å². The van der Waals surface area contributed by atoms with Crippen LogP contribution in [-0.4, -0.2) is 117 Å². The molecule has 3 aromatic rings. The Hall–Kier alpha value is -4.53. The zero-order valence-electron chi connectivity index (χ0n) is 35.4. The van der Waals surface area contributed by atoms with Crippen LogP contribution in [0.15, 0.2) is 66.7 Å². The number of hydrogen-bond donors (Lipinski definition) is 5. The van der Waals surface area contributed by atoms with Gasteiger partial charge >= 0.3 is 0 Å². The molecule has 1 aliphatic heterocycles. The summed E-state index contributed by atoms with van der Waals surface area (Å²) < 4.78 is 6.08. The Morgan fingerprint density at radius 3 is 2.34 bits per heavy atom. The van der Waals surface area contributed by atoms with Crippen LogP contribution in [0, 0.1) is 29.1 Å². The molecule has 0 aromatic heterocycles. The van der Waals surface area contributed by atoms with Crippen LogP contribution in [0.2, 0.25) is 0 Å². The number of carbonyl (C=O) groups excluding carboxylic acids is 3. The van der Waals surface area contributed by atoms with E-state index >= 15 is 0 Å². The molecule has 9 atom stereocenters. The van der Waals surface area contributed by atoms with Crippen molar-refractivity contribution in [3.8, 4) is 16.9 Å². The summed E-state index contributed by atoms with van der Waals surface area (Å²) in [5, 5.41) is 32.1. The SMILES string of the molecule is COc1c(CN2O[C@@H](CO)[C@@H]([C@H](C)O)[C@H]2C(=O)N[C@H]2C[C@H]3C[C@H]([C@@H]2C)C3(C)C)cccc1-c1cc(C(=O)N[C@H](CN(C)C)C(=O)Nc2ccccc2)cc(N(C)C)c1. The molecule has 0 radical (unpaired) electrons. The molecular formula is C45H62N6O7. The van der Waals surface area contributed by atoms with Gasteiger partial charge in [-0.2, -0.15) is 5.06 Å². The normalized spacial score (nSPS) is 26.0. The van der Waals surface area contributed by atoms with Crippen molar-refractivity contribution in [2.24, 2.45) is 29.1 Å². The van der Waals surface area contributed by atoms with E-state index in [4.69, 9.17) is 9.57 Å². The number of hydrogen-bond acceptors (Lipinski definition) is 10. The fraction of sp³-hybridized carbons (Fsp3) is 0.533. The zero-order chi connectivity index (χ0) is 42.1. The second kappa shape index (κ2) is 17.8. The Morgan fingerprint density at radius 2 is 1.74 bits per heavy atom. The number of amides is 3. The molecule has 4 aliphatic rings. The van der Waals surface area contributed by atoms with Crippen LogP contribution in [0.4, 0.5) is 11.4 Å². The third kappa shape index (κ3) is 8.89. The Bertz CT molecular complexity index is 1940. The molecule has 314 valence electrons. The fourth-order valence-electron chi connectivity index (χ4n) is 9.54. The van der Waals surface area contributed by atoms with E-state index in [1.807, 2.05) is 80.5 Å². The van der Waals surface area contributed by atoms with Crippen molar-refractivity contribution in [1.29, 1.82) is 0 Å². The number of aliphatic hydroxyl groups excluding tert-OH is 2. The molecule has 4 fully saturated rings. The fourth-order valence-corrected chi connectivity index (χ4v) is 9.54. The number of carbonyl (C=O) groups is 3. The van der Waals surface area contributed by atoms with Crippen molar-refractivity contribution in [1.82, 2.24) is 20.6 Å². The number of benzene rings is 3. The summed E-state index contributed by atoms with van der Waals surface area (Å²) in [6.07, 6.45) is 0.378. The van der Waals surface area contributed by atoms with Crippen molar-refractivity contribution in [3.63, 3.8) is 0 Å². The molecule has 0 unspecified atom stereocenters. The summed E-state index contributed by atoms with van der Waals surface area (Å²) >= 11 is 0. The first-order valence-corrected chi connectivity index (χ1v) is 20.4. The predicted octanol–water partition coefficient (Wildman–Crippen LogP) is 4.39. The third-order valence-electron chi connectivity index (χ3n) is 12.9. The Kier molecular flexibility index (Phi) is 13.2. The van der Waals surface area contributed by atoms with Gasteiger partial charge in [0.15, 0.2) is 0 Å². The summed E-state index contributed by atoms with van der Waals surface area (Å²) in [7, 11) is 9.04. The van der Waals surface area contributed by atoms with Crippen LogP contribution in [0.3, 0.4) is 0 Å². The quantitative estimate of drug-likeness (QED) is 0.150. The molecule has 3 saturated carbocycles. The first-order chi connectivity index (χ1) is 27.5. The number of aliphatic hydroxyl groups is 2. The van der Waals surface area contributed by atoms with Crippen molar-refractivity contribution < 1.29 is 34.2 Å². The molecule has 13 nitrogen and oxygen atoms in total. The monoisotopic (exact) mass is 798 g/mol. The maximum atomic E-state index is 14.3. The summed E-state index contributed by atoms with van der Waals surface area (Å²) in [6.45, 7) is 8.54. The van der Waals surface area contributed by atoms with Gasteiger partial charge in [-0.1, -0.05) is 57.2 Å². The van der Waals surface area contributed by atoms with E-state index in [-0.39, 0.29) is 43.0 Å². The van der Waals surface area contributed by atoms with Gasteiger partial charge in [0.1, 0.15) is 23.9 Å². The molecule has 58 heavy (non-hydrogen) atoms. The van der Waals surface area contributed by atoms with E-state index < -0.39 is 36.1 Å². The molecule has 13 heteroatoms. The highest BCUT2D eigenvalue weighted by molar-refractivity contribution is 6.02. The number of ether oxygens (including phenoxy) is 1. The van der Waals surface area contributed by atoms with Crippen molar-refractivity contribution in [2.45, 2.75) is 77.4 Å². The molecule has 1 heterocycles. The molecule has 5 N–H and O–H groups in total. The van der Waals surface area contributed by atoms with Gasteiger partial charge < -0.3 is 40.7 Å². The number of methoxy groups -OCH3 is 1. The molecule has 3 aromatic carbocycles. The number of fused-ring (bicyclic) bond motifs is 2. The minimum Gasteiger partial charge on any atom is -0.496 e. The highest BCUT2D eigenvalue weighted by atomic mass is 16.7. The highest BCUT2D eigenvalue weighted by Gasteiger charge is 2.57. The predicted molar refractivity (Wildman–Crippen MR) is 225 cm³/mol. The van der Waals surface area contributed by atoms with Crippen LogP contribution in [-0.2, 0) is 21.0 Å². The molecular weight excluding hydrogens is 737 g/mol. The zero-order valence-corrected chi connectivity index (χ0v) is 35.4. The van der Waals surface area contributed by atoms with E-state index in [1.54, 1.807) is 43.4 Å². The molecule has 7 rings (SSSR count). The molecule has 3 aliphatic carbocycles. The summed E-state index contributed by atoms with van der Waals surface area (Å²) in [5.74, 6) is 0.263. The number of para-hydroxylation sites is 2. The van der Waals surface area contributed by atoms with E-state index in [2.05, 4.69) is 36.7 Å². The lowest BCUT2D eigenvalue weighted by Crippen LogP contribution is -2.62. The second-order valence-electron chi connectivity index (χ2n) is 17.5. The number of likely N-dealkylation sites (N-methyl/N-ethyl adjacent to an activating group) is 1. The van der Waals surface area contributed by atoms with E-state index in [9.17, 15) is 24.6 Å². The van der Waals surface area contributed by atoms with Gasteiger partial charge in [0.05, 0.1) is 26.4 Å². The summed E-state index contributed by atoms with van der Waals surface area (Å²) in [5.41, 5.74) is 4.12. The van der Waals surface area contributed by atoms with Crippen LogP contribution in [0.5, 0.6) is 5.75 Å². The molecule has 0 spiro atoms. The van der Waals surface area contributed by atoms with Gasteiger partial charge in [-0.05, 0) is 92.9 Å². The van der Waals surface area contributed by atoms with Crippen molar-refractivity contribution in [2.75, 3.05) is 58.7 Å². The average Bonchev–Trinajstić information content (AvgIpc) is 3.56. The lowest BCUT2D eigenvalue weighted by atomic mass is 9.45. The largest absolute Gasteiger partial charge is 0.496 e. The standard InChI is InChI=1S/C45H62N6O7/c1-26-35-21-31(45(35,3)4)22-36(26)47-44(56)40-39(27(2)53)38(25-52)58-51(40)23-28-14-13-17-34(41(28)57-9)29-18-30(20-33(19-29)50(7)8)42(54)48-37(24-49(5)6)43(55)46-32-15-11-10-12-16-32/h10-20,26-27,31,35-40,52-53H,21-25H2,1-9H3,(H,46,55)(H,47,56)(H,48,54)/t26-,27-,31+,35+,36-,37+,38-,39+,40-/m0/s1. The second-order valence-corrected chi connectivity index (χ2v) is 17.5. The van der Waals surface area contributed by atoms with E-state index in [1.165, 1.54) is 6.42 Å². The Labute approximate surface area is 343 Å². The van der Waals surface area contributed by atoms with Gasteiger partial charge in [-0.3, -0.25) is 19.2 Å². The third-order valence-corrected chi connectivity index (χ3v) is 12.9. The summed E-state index contributed by atoms with van der Waals surface area (Å²) in [6, 6.07) is 18.6. The Morgan fingerprint density at radius 1 is 1.02 bits per heavy atom. The van der Waals surface area contributed by atoms with Gasteiger partial charge in [-0.25, -0.2) is 0 Å². The first kappa shape index (κ1) is 43.1. The van der Waals surface area contributed by atoms with Crippen molar-refractivity contribution >= 4 is 29.1 Å². The van der Waals surface area contributed by atoms with E-state index in [0.29, 0.717) is 51.4 Å². The first-order valence-electron chi connectivity index (χ1n) is 20.4. The van der Waals surface area contributed by atoms with Crippen LogP contribution < -0.4 is 25.6 Å². The van der Waals surface area contributed by atoms with Gasteiger partial charge in [-0.15, -0.1) is 0 Å². The smallest absolute Gasteiger partial charge is 0.252 e. The van der Waals surface area contributed by atoms with E-state index in [0.717, 1.165) is 12.1 Å². The molecule has 2 bridgehead atoms. The number of rotatable bonds is 15. The Balaban J connectivity index is 1.28. The maximum Gasteiger partial charge on any atom is 0.252 e. The minimum absolute atomic E-state index is 0.0126. The molecule has 3 amide bonds. The van der Waals surface area contributed by atoms with Crippen molar-refractivity contribution in [3.05, 3.63) is 77.9 Å². The van der Waals surface area contributed by atoms with Crippen LogP contribution in [0.25, 0.3) is 11.1 Å². The lowest BCUT2D eigenvalue weighted by molar-refractivity contribution is -0.183. The average molecular weight is 799 g/mol. The lowest BCUT2D eigenvalue weighted by Gasteiger charge is -2.62. The maximum absolute atomic E-state index is 14.3. The minimum atomic E-state index is -0.928. The molecule has 1 saturated heterocycles. The van der Waals surface area contributed by atoms with Gasteiger partial charge in [0.2, 0.25) is 11.8 Å². The van der Waals surface area contributed by atoms with Crippen LogP contribution in [0.1, 0.15) is 56.5 Å². The van der Waals surface area contributed by atoms with Gasteiger partial charge in [0, 0.05) is 60.7 Å². The number of nitrogens with one attached hydrogen (secondary N) is 3.